The second kappa shape index (κ2) is 6.97. The molecule has 8 heteroatoms. The molecule has 8 nitrogen and oxygen atoms in total. The predicted octanol–water partition coefficient (Wildman–Crippen LogP) is 2.39. The summed E-state index contributed by atoms with van der Waals surface area (Å²) in [5.74, 6) is 1.25. The first-order chi connectivity index (χ1) is 14.2. The van der Waals surface area contributed by atoms with Crippen molar-refractivity contribution in [2.45, 2.75) is 25.8 Å². The molecule has 4 aromatic rings. The van der Waals surface area contributed by atoms with Gasteiger partial charge in [0.1, 0.15) is 5.82 Å². The van der Waals surface area contributed by atoms with Crippen LogP contribution < -0.4 is 11.1 Å². The third-order valence-corrected chi connectivity index (χ3v) is 5.14. The maximum Gasteiger partial charge on any atom is 0.252 e. The van der Waals surface area contributed by atoms with Crippen molar-refractivity contribution >= 4 is 17.4 Å². The minimum Gasteiger partial charge on any atom is -0.366 e. The second-order valence-electron chi connectivity index (χ2n) is 7.02. The molecule has 1 amide bonds. The largest absolute Gasteiger partial charge is 0.366 e. The Hall–Kier alpha value is -3.81. The van der Waals surface area contributed by atoms with Gasteiger partial charge in [0.2, 0.25) is 5.82 Å². The van der Waals surface area contributed by atoms with Crippen molar-refractivity contribution in [3.63, 3.8) is 0 Å². The van der Waals surface area contributed by atoms with Gasteiger partial charge < -0.3 is 11.1 Å². The van der Waals surface area contributed by atoms with Crippen LogP contribution >= 0.6 is 0 Å². The van der Waals surface area contributed by atoms with Crippen LogP contribution in [0.2, 0.25) is 0 Å². The van der Waals surface area contributed by atoms with Gasteiger partial charge in [-0.15, -0.1) is 10.2 Å². The fourth-order valence-corrected chi connectivity index (χ4v) is 3.72. The van der Waals surface area contributed by atoms with E-state index in [1.165, 1.54) is 5.56 Å². The van der Waals surface area contributed by atoms with Crippen molar-refractivity contribution in [3.8, 4) is 11.6 Å². The first-order valence-electron chi connectivity index (χ1n) is 9.52. The molecular formula is C21H19N7O. The molecule has 0 saturated heterocycles. The Morgan fingerprint density at radius 3 is 2.76 bits per heavy atom. The minimum atomic E-state index is -0.547. The van der Waals surface area contributed by atoms with Gasteiger partial charge >= 0.3 is 0 Å². The van der Waals surface area contributed by atoms with Gasteiger partial charge in [-0.25, -0.2) is 9.97 Å². The molecule has 0 radical (unpaired) electrons. The first kappa shape index (κ1) is 17.3. The molecule has 1 aliphatic carbocycles. The van der Waals surface area contributed by atoms with Gasteiger partial charge in [0, 0.05) is 24.0 Å². The van der Waals surface area contributed by atoms with Crippen LogP contribution in [0.1, 0.15) is 33.6 Å². The van der Waals surface area contributed by atoms with Gasteiger partial charge in [-0.2, -0.15) is 0 Å². The maximum atomic E-state index is 11.7. The van der Waals surface area contributed by atoms with Gasteiger partial charge in [0.15, 0.2) is 11.5 Å². The number of rotatable bonds is 5. The fraction of sp³-hybridized carbons (Fsp3) is 0.190. The highest BCUT2D eigenvalue weighted by atomic mass is 16.1. The van der Waals surface area contributed by atoms with E-state index >= 15 is 0 Å². The Kier molecular flexibility index (Phi) is 4.16. The molecule has 0 aliphatic heterocycles. The summed E-state index contributed by atoms with van der Waals surface area (Å²) in [6.45, 7) is 0.677. The number of pyridine rings is 1. The molecule has 0 saturated carbocycles. The SMILES string of the molecule is NC(=O)c1cccn2c(-c3nc4c(c(NCc5ccccc5)n3)CCC4)nnc12. The predicted molar refractivity (Wildman–Crippen MR) is 108 cm³/mol. The zero-order valence-corrected chi connectivity index (χ0v) is 15.7. The van der Waals surface area contributed by atoms with E-state index in [0.717, 1.165) is 36.3 Å². The van der Waals surface area contributed by atoms with Crippen LogP contribution in [0.3, 0.4) is 0 Å². The second-order valence-corrected chi connectivity index (χ2v) is 7.02. The van der Waals surface area contributed by atoms with E-state index < -0.39 is 5.91 Å². The van der Waals surface area contributed by atoms with E-state index in [1.54, 1.807) is 22.7 Å². The molecule has 3 N–H and O–H groups in total. The number of fused-ring (bicyclic) bond motifs is 2. The first-order valence-corrected chi connectivity index (χ1v) is 9.52. The van der Waals surface area contributed by atoms with Crippen molar-refractivity contribution in [3.05, 3.63) is 71.0 Å². The van der Waals surface area contributed by atoms with Crippen LogP contribution in [0.15, 0.2) is 48.7 Å². The number of carbonyl (C=O) groups is 1. The van der Waals surface area contributed by atoms with Crippen LogP contribution in [0.4, 0.5) is 5.82 Å². The van der Waals surface area contributed by atoms with Crippen LogP contribution in [-0.4, -0.2) is 30.5 Å². The molecule has 0 atom stereocenters. The summed E-state index contributed by atoms with van der Waals surface area (Å²) in [7, 11) is 0. The summed E-state index contributed by atoms with van der Waals surface area (Å²) in [6, 6.07) is 13.6. The summed E-state index contributed by atoms with van der Waals surface area (Å²) in [4.78, 5) is 21.2. The molecule has 144 valence electrons. The highest BCUT2D eigenvalue weighted by Gasteiger charge is 2.22. The van der Waals surface area contributed by atoms with Gasteiger partial charge in [-0.05, 0) is 37.0 Å². The van der Waals surface area contributed by atoms with Crippen LogP contribution in [0.25, 0.3) is 17.3 Å². The monoisotopic (exact) mass is 385 g/mol. The number of nitrogens with two attached hydrogens (primary N) is 1. The van der Waals surface area contributed by atoms with Gasteiger partial charge in [-0.3, -0.25) is 9.20 Å². The van der Waals surface area contributed by atoms with Crippen LogP contribution in [-0.2, 0) is 19.4 Å². The Morgan fingerprint density at radius 2 is 1.93 bits per heavy atom. The number of carbonyl (C=O) groups excluding carboxylic acids is 1. The van der Waals surface area contributed by atoms with Gasteiger partial charge in [-0.1, -0.05) is 30.3 Å². The number of nitrogens with zero attached hydrogens (tertiary/aromatic N) is 5. The molecule has 1 aliphatic rings. The molecule has 0 unspecified atom stereocenters. The zero-order valence-electron chi connectivity index (χ0n) is 15.7. The molecule has 1 aromatic carbocycles. The number of aryl methyl sites for hydroxylation is 1. The van der Waals surface area contributed by atoms with Crippen molar-refractivity contribution in [1.29, 1.82) is 0 Å². The number of hydrogen-bond acceptors (Lipinski definition) is 6. The molecule has 0 fully saturated rings. The van der Waals surface area contributed by atoms with Crippen molar-refractivity contribution in [1.82, 2.24) is 24.6 Å². The lowest BCUT2D eigenvalue weighted by atomic mass is 10.2. The summed E-state index contributed by atoms with van der Waals surface area (Å²) < 4.78 is 1.71. The summed E-state index contributed by atoms with van der Waals surface area (Å²) in [6.07, 6.45) is 4.71. The van der Waals surface area contributed by atoms with E-state index in [2.05, 4.69) is 27.6 Å². The smallest absolute Gasteiger partial charge is 0.252 e. The van der Waals surface area contributed by atoms with E-state index in [9.17, 15) is 4.79 Å². The topological polar surface area (TPSA) is 111 Å². The zero-order chi connectivity index (χ0) is 19.8. The highest BCUT2D eigenvalue weighted by Crippen LogP contribution is 2.29. The number of amides is 1. The van der Waals surface area contributed by atoms with Crippen LogP contribution in [0.5, 0.6) is 0 Å². The highest BCUT2D eigenvalue weighted by molar-refractivity contribution is 5.98. The number of anilines is 1. The number of hydrogen-bond donors (Lipinski definition) is 2. The number of benzene rings is 1. The van der Waals surface area contributed by atoms with Crippen molar-refractivity contribution < 1.29 is 4.79 Å². The Labute approximate surface area is 166 Å². The minimum absolute atomic E-state index is 0.315. The van der Waals surface area contributed by atoms with Gasteiger partial charge in [0.05, 0.1) is 5.56 Å². The maximum absolute atomic E-state index is 11.7. The van der Waals surface area contributed by atoms with Crippen LogP contribution in [0, 0.1) is 0 Å². The summed E-state index contributed by atoms with van der Waals surface area (Å²) >= 11 is 0. The van der Waals surface area contributed by atoms with Gasteiger partial charge in [0.25, 0.3) is 5.91 Å². The third kappa shape index (κ3) is 3.08. The molecule has 5 rings (SSSR count). The molecule has 0 bridgehead atoms. The Bertz CT molecular complexity index is 1220. The Balaban J connectivity index is 1.57. The van der Waals surface area contributed by atoms with E-state index in [1.807, 2.05) is 18.2 Å². The molecule has 3 aromatic heterocycles. The molecule has 29 heavy (non-hydrogen) atoms. The van der Waals surface area contributed by atoms with E-state index in [-0.39, 0.29) is 0 Å². The number of primary amides is 1. The van der Waals surface area contributed by atoms with Crippen molar-refractivity contribution in [2.75, 3.05) is 5.32 Å². The van der Waals surface area contributed by atoms with Crippen molar-refractivity contribution in [2.24, 2.45) is 5.73 Å². The number of nitrogens with one attached hydrogen (secondary N) is 1. The normalized spacial score (nSPS) is 12.8. The standard InChI is InChI=1S/C21H19N7O/c22-17(29)15-9-5-11-28-20(15)26-27-21(28)19-24-16-10-4-8-14(16)18(25-19)23-12-13-6-2-1-3-7-13/h1-3,5-7,9,11H,4,8,10,12H2,(H2,22,29)(H,23,24,25). The third-order valence-electron chi connectivity index (χ3n) is 5.14. The lowest BCUT2D eigenvalue weighted by molar-refractivity contribution is 0.100. The average Bonchev–Trinajstić information content (AvgIpc) is 3.39. The molecule has 3 heterocycles. The van der Waals surface area contributed by atoms with E-state index in [0.29, 0.717) is 29.4 Å². The summed E-state index contributed by atoms with van der Waals surface area (Å²) in [5, 5.41) is 11.8. The van der Waals surface area contributed by atoms with E-state index in [4.69, 9.17) is 15.7 Å². The average molecular weight is 385 g/mol. The number of aromatic nitrogens is 5. The molecule has 0 spiro atoms. The summed E-state index contributed by atoms with van der Waals surface area (Å²) in [5.41, 5.74) is 9.55. The lowest BCUT2D eigenvalue weighted by Crippen LogP contribution is -2.12. The quantitative estimate of drug-likeness (QED) is 0.546. The molecular weight excluding hydrogens is 366 g/mol. The Morgan fingerprint density at radius 1 is 1.07 bits per heavy atom. The fourth-order valence-electron chi connectivity index (χ4n) is 3.72. The lowest BCUT2D eigenvalue weighted by Gasteiger charge is -2.12.